The van der Waals surface area contributed by atoms with Crippen LogP contribution in [0.15, 0.2) is 72.9 Å². The van der Waals surface area contributed by atoms with Crippen LogP contribution in [0.25, 0.3) is 28.6 Å². The SMILES string of the molecule is O=C1Nc2ccccc2/C1=C\c1nc(-c2ccc(F)cc2)n2ccccc12. The largest absolute Gasteiger partial charge is 0.321 e. The van der Waals surface area contributed by atoms with Crippen molar-refractivity contribution >= 4 is 28.8 Å². The second-order valence-electron chi connectivity index (χ2n) is 6.34. The molecule has 4 nitrogen and oxygen atoms in total. The number of anilines is 1. The Bertz CT molecular complexity index is 1220. The number of fused-ring (bicyclic) bond motifs is 2. The van der Waals surface area contributed by atoms with Crippen LogP contribution in [-0.2, 0) is 4.79 Å². The number of nitrogens with zero attached hydrogens (tertiary/aromatic N) is 2. The number of amides is 1. The molecule has 0 atom stereocenters. The second-order valence-corrected chi connectivity index (χ2v) is 6.34. The van der Waals surface area contributed by atoms with E-state index in [1.165, 1.54) is 12.1 Å². The molecule has 1 amide bonds. The first-order chi connectivity index (χ1) is 13.2. The van der Waals surface area contributed by atoms with Crippen LogP contribution in [0.1, 0.15) is 11.3 Å². The average Bonchev–Trinajstić information content (AvgIpc) is 3.21. The Labute approximate surface area is 154 Å². The molecule has 3 heterocycles. The topological polar surface area (TPSA) is 46.4 Å². The van der Waals surface area contributed by atoms with Gasteiger partial charge in [0.25, 0.3) is 5.91 Å². The third-order valence-electron chi connectivity index (χ3n) is 4.67. The molecule has 0 fully saturated rings. The molecule has 130 valence electrons. The lowest BCUT2D eigenvalue weighted by molar-refractivity contribution is -0.110. The van der Waals surface area contributed by atoms with Gasteiger partial charge in [-0.25, -0.2) is 9.37 Å². The maximum Gasteiger partial charge on any atom is 0.256 e. The van der Waals surface area contributed by atoms with Crippen LogP contribution in [0.3, 0.4) is 0 Å². The van der Waals surface area contributed by atoms with Gasteiger partial charge in [0.1, 0.15) is 11.6 Å². The Morgan fingerprint density at radius 1 is 0.963 bits per heavy atom. The molecule has 0 spiro atoms. The van der Waals surface area contributed by atoms with Crippen molar-refractivity contribution in [1.29, 1.82) is 0 Å². The Kier molecular flexibility index (Phi) is 3.40. The molecule has 2 aromatic carbocycles. The number of halogens is 1. The molecule has 27 heavy (non-hydrogen) atoms. The van der Waals surface area contributed by atoms with Crippen molar-refractivity contribution in [2.24, 2.45) is 0 Å². The summed E-state index contributed by atoms with van der Waals surface area (Å²) in [6.45, 7) is 0. The lowest BCUT2D eigenvalue weighted by atomic mass is 10.1. The highest BCUT2D eigenvalue weighted by atomic mass is 19.1. The van der Waals surface area contributed by atoms with Crippen molar-refractivity contribution in [3.05, 3.63) is 90.0 Å². The highest BCUT2D eigenvalue weighted by Crippen LogP contribution is 2.34. The number of hydrogen-bond donors (Lipinski definition) is 1. The van der Waals surface area contributed by atoms with E-state index in [1.807, 2.05) is 59.1 Å². The highest BCUT2D eigenvalue weighted by molar-refractivity contribution is 6.35. The fourth-order valence-electron chi connectivity index (χ4n) is 3.39. The van der Waals surface area contributed by atoms with Crippen LogP contribution in [0.2, 0.25) is 0 Å². The standard InChI is InChI=1S/C22H14FN3O/c23-15-10-8-14(9-11-15)21-24-19(20-7-3-4-12-26(20)21)13-17-16-5-1-2-6-18(16)25-22(17)27/h1-13H,(H,25,27)/b17-13+. The Morgan fingerprint density at radius 3 is 2.59 bits per heavy atom. The van der Waals surface area contributed by atoms with E-state index in [2.05, 4.69) is 5.32 Å². The van der Waals surface area contributed by atoms with Crippen molar-refractivity contribution in [3.63, 3.8) is 0 Å². The number of rotatable bonds is 2. The van der Waals surface area contributed by atoms with Gasteiger partial charge in [0, 0.05) is 23.0 Å². The fraction of sp³-hybridized carbons (Fsp3) is 0. The minimum atomic E-state index is -0.291. The smallest absolute Gasteiger partial charge is 0.256 e. The molecule has 5 heteroatoms. The molecule has 0 unspecified atom stereocenters. The maximum atomic E-state index is 13.3. The third kappa shape index (κ3) is 2.52. The van der Waals surface area contributed by atoms with Crippen LogP contribution in [0.5, 0.6) is 0 Å². The van der Waals surface area contributed by atoms with Crippen molar-refractivity contribution in [3.8, 4) is 11.4 Å². The van der Waals surface area contributed by atoms with Crippen LogP contribution in [0, 0.1) is 5.82 Å². The number of aromatic nitrogens is 2. The Morgan fingerprint density at radius 2 is 1.74 bits per heavy atom. The van der Waals surface area contributed by atoms with Crippen molar-refractivity contribution in [1.82, 2.24) is 9.38 Å². The number of hydrogen-bond acceptors (Lipinski definition) is 2. The first-order valence-corrected chi connectivity index (χ1v) is 8.56. The van der Waals surface area contributed by atoms with E-state index >= 15 is 0 Å². The first kappa shape index (κ1) is 15.5. The molecule has 2 aromatic heterocycles. The summed E-state index contributed by atoms with van der Waals surface area (Å²) >= 11 is 0. The number of pyridine rings is 1. The molecule has 0 radical (unpaired) electrons. The zero-order valence-corrected chi connectivity index (χ0v) is 14.2. The summed E-state index contributed by atoms with van der Waals surface area (Å²) in [4.78, 5) is 17.2. The van der Waals surface area contributed by atoms with Crippen LogP contribution < -0.4 is 5.32 Å². The molecule has 5 rings (SSSR count). The van der Waals surface area contributed by atoms with Gasteiger partial charge in [0.2, 0.25) is 0 Å². The van der Waals surface area contributed by atoms with Crippen LogP contribution >= 0.6 is 0 Å². The summed E-state index contributed by atoms with van der Waals surface area (Å²) in [6, 6.07) is 19.6. The normalized spacial score (nSPS) is 14.6. The average molecular weight is 355 g/mol. The van der Waals surface area contributed by atoms with E-state index < -0.39 is 0 Å². The summed E-state index contributed by atoms with van der Waals surface area (Å²) in [6.07, 6.45) is 3.72. The van der Waals surface area contributed by atoms with Crippen molar-refractivity contribution in [2.75, 3.05) is 5.32 Å². The lowest BCUT2D eigenvalue weighted by Gasteiger charge is -2.00. The maximum absolute atomic E-state index is 13.3. The summed E-state index contributed by atoms with van der Waals surface area (Å²) in [5.74, 6) is 0.266. The highest BCUT2D eigenvalue weighted by Gasteiger charge is 2.24. The predicted molar refractivity (Wildman–Crippen MR) is 104 cm³/mol. The second kappa shape index (κ2) is 5.92. The molecule has 1 N–H and O–H groups in total. The molecule has 0 saturated carbocycles. The zero-order valence-electron chi connectivity index (χ0n) is 14.2. The van der Waals surface area contributed by atoms with Gasteiger partial charge in [-0.3, -0.25) is 9.20 Å². The van der Waals surface area contributed by atoms with E-state index in [4.69, 9.17) is 4.98 Å². The van der Waals surface area contributed by atoms with E-state index in [0.29, 0.717) is 17.1 Å². The molecule has 1 aliphatic heterocycles. The third-order valence-corrected chi connectivity index (χ3v) is 4.67. The fourth-order valence-corrected chi connectivity index (χ4v) is 3.39. The van der Waals surface area contributed by atoms with E-state index in [0.717, 1.165) is 22.3 Å². The van der Waals surface area contributed by atoms with Gasteiger partial charge in [-0.1, -0.05) is 24.3 Å². The minimum Gasteiger partial charge on any atom is -0.321 e. The number of nitrogens with one attached hydrogen (secondary N) is 1. The van der Waals surface area contributed by atoms with Gasteiger partial charge in [-0.15, -0.1) is 0 Å². The lowest BCUT2D eigenvalue weighted by Crippen LogP contribution is -2.03. The molecule has 0 bridgehead atoms. The van der Waals surface area contributed by atoms with Gasteiger partial charge < -0.3 is 5.32 Å². The monoisotopic (exact) mass is 355 g/mol. The Hall–Kier alpha value is -3.73. The number of carbonyl (C=O) groups excluding carboxylic acids is 1. The quantitative estimate of drug-likeness (QED) is 0.533. The molecular weight excluding hydrogens is 341 g/mol. The van der Waals surface area contributed by atoms with Gasteiger partial charge in [-0.2, -0.15) is 0 Å². The zero-order chi connectivity index (χ0) is 18.4. The van der Waals surface area contributed by atoms with Gasteiger partial charge in [0.05, 0.1) is 16.8 Å². The minimum absolute atomic E-state index is 0.142. The Balaban J connectivity index is 1.71. The van der Waals surface area contributed by atoms with Gasteiger partial charge in [-0.05, 0) is 48.5 Å². The van der Waals surface area contributed by atoms with Crippen molar-refractivity contribution in [2.45, 2.75) is 0 Å². The van der Waals surface area contributed by atoms with E-state index in [1.54, 1.807) is 12.1 Å². The predicted octanol–water partition coefficient (Wildman–Crippen LogP) is 4.63. The number of imidazole rings is 1. The van der Waals surface area contributed by atoms with Crippen LogP contribution in [-0.4, -0.2) is 15.3 Å². The molecule has 1 aliphatic rings. The molecular formula is C22H14FN3O. The summed E-state index contributed by atoms with van der Waals surface area (Å²) in [5, 5.41) is 2.88. The molecule has 0 saturated heterocycles. The number of carbonyl (C=O) groups is 1. The number of para-hydroxylation sites is 1. The summed E-state index contributed by atoms with van der Waals surface area (Å²) < 4.78 is 15.2. The van der Waals surface area contributed by atoms with Gasteiger partial charge >= 0.3 is 0 Å². The molecule has 4 aromatic rings. The van der Waals surface area contributed by atoms with Crippen molar-refractivity contribution < 1.29 is 9.18 Å². The van der Waals surface area contributed by atoms with Gasteiger partial charge in [0.15, 0.2) is 0 Å². The van der Waals surface area contributed by atoms with E-state index in [9.17, 15) is 9.18 Å². The summed E-state index contributed by atoms with van der Waals surface area (Å²) in [5.41, 5.74) is 4.62. The molecule has 0 aliphatic carbocycles. The summed E-state index contributed by atoms with van der Waals surface area (Å²) in [7, 11) is 0. The first-order valence-electron chi connectivity index (χ1n) is 8.56. The van der Waals surface area contributed by atoms with E-state index in [-0.39, 0.29) is 11.7 Å². The number of benzene rings is 2. The van der Waals surface area contributed by atoms with Crippen LogP contribution in [0.4, 0.5) is 10.1 Å².